The summed E-state index contributed by atoms with van der Waals surface area (Å²) in [4.78, 5) is 0. The first-order valence-electron chi connectivity index (χ1n) is 9.89. The van der Waals surface area contributed by atoms with Gasteiger partial charge in [-0.2, -0.15) is 0 Å². The number of para-hydroxylation sites is 1. The van der Waals surface area contributed by atoms with E-state index in [0.717, 1.165) is 39.4 Å². The van der Waals surface area contributed by atoms with E-state index in [1.807, 2.05) is 48.5 Å². The van der Waals surface area contributed by atoms with E-state index in [1.54, 1.807) is 14.2 Å². The molecule has 0 radical (unpaired) electrons. The number of rotatable bonds is 6. The minimum atomic E-state index is -0.592. The number of hydrogen-bond acceptors (Lipinski definition) is 3. The number of methoxy groups -OCH3 is 2. The van der Waals surface area contributed by atoms with E-state index in [1.165, 1.54) is 0 Å². The Morgan fingerprint density at radius 2 is 0.967 bits per heavy atom. The monoisotopic (exact) mass is 395 g/mol. The van der Waals surface area contributed by atoms with E-state index in [-0.39, 0.29) is 0 Å². The molecule has 0 aliphatic rings. The first-order chi connectivity index (χ1) is 14.7. The molecule has 4 aromatic carbocycles. The van der Waals surface area contributed by atoms with Gasteiger partial charge in [0.1, 0.15) is 11.5 Å². The summed E-state index contributed by atoms with van der Waals surface area (Å²) in [6.45, 7) is 0. The standard InChI is InChI=1S/C27H25NO2/c1-29-23-16-12-21(13-17-23)27(20-8-4-3-5-9-20,25-10-6-7-11-26(25)28)22-14-18-24(30-2)19-15-22/h3-19H,28H2,1-2H3. The predicted octanol–water partition coefficient (Wildman–Crippen LogP) is 5.67. The van der Waals surface area contributed by atoms with E-state index >= 15 is 0 Å². The summed E-state index contributed by atoms with van der Waals surface area (Å²) in [6, 6.07) is 35.0. The third kappa shape index (κ3) is 3.29. The fourth-order valence-corrected chi connectivity index (χ4v) is 4.18. The second kappa shape index (κ2) is 8.34. The summed E-state index contributed by atoms with van der Waals surface area (Å²) in [5, 5.41) is 0. The van der Waals surface area contributed by atoms with Crippen molar-refractivity contribution in [1.29, 1.82) is 0 Å². The average molecular weight is 396 g/mol. The van der Waals surface area contributed by atoms with Gasteiger partial charge in [-0.25, -0.2) is 0 Å². The van der Waals surface area contributed by atoms with Crippen molar-refractivity contribution in [3.8, 4) is 11.5 Å². The van der Waals surface area contributed by atoms with Gasteiger partial charge in [0, 0.05) is 5.69 Å². The molecule has 0 aliphatic carbocycles. The van der Waals surface area contributed by atoms with Crippen molar-refractivity contribution in [2.24, 2.45) is 0 Å². The van der Waals surface area contributed by atoms with Crippen LogP contribution in [0.3, 0.4) is 0 Å². The average Bonchev–Trinajstić information content (AvgIpc) is 2.82. The van der Waals surface area contributed by atoms with Gasteiger partial charge in [-0.1, -0.05) is 72.8 Å². The summed E-state index contributed by atoms with van der Waals surface area (Å²) >= 11 is 0. The third-order valence-corrected chi connectivity index (χ3v) is 5.62. The predicted molar refractivity (Wildman–Crippen MR) is 122 cm³/mol. The molecule has 0 amide bonds. The molecule has 30 heavy (non-hydrogen) atoms. The van der Waals surface area contributed by atoms with Crippen LogP contribution in [-0.2, 0) is 5.41 Å². The molecular formula is C27H25NO2. The van der Waals surface area contributed by atoms with Crippen LogP contribution in [0.2, 0.25) is 0 Å². The van der Waals surface area contributed by atoms with Crippen molar-refractivity contribution in [2.75, 3.05) is 20.0 Å². The topological polar surface area (TPSA) is 44.5 Å². The van der Waals surface area contributed by atoms with Gasteiger partial charge in [-0.15, -0.1) is 0 Å². The largest absolute Gasteiger partial charge is 0.497 e. The van der Waals surface area contributed by atoms with Gasteiger partial charge in [-0.05, 0) is 52.6 Å². The van der Waals surface area contributed by atoms with Crippen LogP contribution in [0.4, 0.5) is 5.69 Å². The molecule has 3 heteroatoms. The summed E-state index contributed by atoms with van der Waals surface area (Å²) in [5.41, 5.74) is 11.1. The lowest BCUT2D eigenvalue weighted by Crippen LogP contribution is -2.32. The van der Waals surface area contributed by atoms with Gasteiger partial charge in [0.15, 0.2) is 0 Å². The molecule has 0 aliphatic heterocycles. The number of benzene rings is 4. The lowest BCUT2D eigenvalue weighted by Gasteiger charge is -2.37. The molecule has 0 saturated carbocycles. The van der Waals surface area contributed by atoms with E-state index in [4.69, 9.17) is 15.2 Å². The van der Waals surface area contributed by atoms with Crippen molar-refractivity contribution in [2.45, 2.75) is 5.41 Å². The van der Waals surface area contributed by atoms with Gasteiger partial charge in [0.05, 0.1) is 19.6 Å². The Morgan fingerprint density at radius 3 is 1.43 bits per heavy atom. The fraction of sp³-hybridized carbons (Fsp3) is 0.111. The molecule has 0 bridgehead atoms. The molecule has 2 N–H and O–H groups in total. The highest BCUT2D eigenvalue weighted by atomic mass is 16.5. The summed E-state index contributed by atoms with van der Waals surface area (Å²) < 4.78 is 10.8. The highest BCUT2D eigenvalue weighted by Crippen LogP contribution is 2.47. The maximum Gasteiger partial charge on any atom is 0.118 e. The SMILES string of the molecule is COc1ccc(C(c2ccccc2)(c2ccc(OC)cc2)c2ccccc2N)cc1. The number of nitrogens with two attached hydrogens (primary N) is 1. The van der Waals surface area contributed by atoms with Crippen molar-refractivity contribution in [1.82, 2.24) is 0 Å². The van der Waals surface area contributed by atoms with Gasteiger partial charge in [-0.3, -0.25) is 0 Å². The smallest absolute Gasteiger partial charge is 0.118 e. The third-order valence-electron chi connectivity index (χ3n) is 5.62. The van der Waals surface area contributed by atoms with Gasteiger partial charge < -0.3 is 15.2 Å². The molecule has 0 atom stereocenters. The maximum atomic E-state index is 6.58. The summed E-state index contributed by atoms with van der Waals surface area (Å²) in [7, 11) is 3.36. The van der Waals surface area contributed by atoms with Crippen LogP contribution in [0.15, 0.2) is 103 Å². The first kappa shape index (κ1) is 19.6. The van der Waals surface area contributed by atoms with Crippen LogP contribution in [0, 0.1) is 0 Å². The minimum Gasteiger partial charge on any atom is -0.497 e. The zero-order chi connectivity index (χ0) is 21.0. The van der Waals surface area contributed by atoms with Gasteiger partial charge >= 0.3 is 0 Å². The number of nitrogen functional groups attached to an aromatic ring is 1. The van der Waals surface area contributed by atoms with Crippen LogP contribution >= 0.6 is 0 Å². The van der Waals surface area contributed by atoms with Crippen molar-refractivity contribution in [3.05, 3.63) is 125 Å². The second-order valence-electron chi connectivity index (χ2n) is 7.16. The van der Waals surface area contributed by atoms with Crippen LogP contribution in [0.1, 0.15) is 22.3 Å². The second-order valence-corrected chi connectivity index (χ2v) is 7.16. The van der Waals surface area contributed by atoms with Gasteiger partial charge in [0.25, 0.3) is 0 Å². The van der Waals surface area contributed by atoms with E-state index in [2.05, 4.69) is 54.6 Å². The quantitative estimate of drug-likeness (QED) is 0.338. The lowest BCUT2D eigenvalue weighted by molar-refractivity contribution is 0.414. The normalized spacial score (nSPS) is 11.1. The van der Waals surface area contributed by atoms with E-state index in [9.17, 15) is 0 Å². The van der Waals surface area contributed by atoms with Crippen LogP contribution < -0.4 is 15.2 Å². The molecule has 4 rings (SSSR count). The molecule has 150 valence electrons. The summed E-state index contributed by atoms with van der Waals surface area (Å²) in [6.07, 6.45) is 0. The van der Waals surface area contributed by atoms with Gasteiger partial charge in [0.2, 0.25) is 0 Å². The van der Waals surface area contributed by atoms with Crippen LogP contribution in [0.5, 0.6) is 11.5 Å². The van der Waals surface area contributed by atoms with E-state index in [0.29, 0.717) is 0 Å². The molecule has 0 unspecified atom stereocenters. The first-order valence-corrected chi connectivity index (χ1v) is 9.89. The Labute approximate surface area is 177 Å². The number of hydrogen-bond donors (Lipinski definition) is 1. The number of ether oxygens (including phenoxy) is 2. The Kier molecular flexibility index (Phi) is 5.44. The van der Waals surface area contributed by atoms with Crippen molar-refractivity contribution < 1.29 is 9.47 Å². The Bertz CT molecular complexity index is 1060. The molecule has 0 spiro atoms. The molecule has 0 fully saturated rings. The molecule has 0 aromatic heterocycles. The maximum absolute atomic E-state index is 6.58. The summed E-state index contributed by atoms with van der Waals surface area (Å²) in [5.74, 6) is 1.63. The highest BCUT2D eigenvalue weighted by Gasteiger charge is 2.39. The molecule has 4 aromatic rings. The zero-order valence-electron chi connectivity index (χ0n) is 17.2. The molecule has 3 nitrogen and oxygen atoms in total. The van der Waals surface area contributed by atoms with Crippen LogP contribution in [-0.4, -0.2) is 14.2 Å². The van der Waals surface area contributed by atoms with Crippen molar-refractivity contribution >= 4 is 5.69 Å². The minimum absolute atomic E-state index is 0.592. The van der Waals surface area contributed by atoms with Crippen LogP contribution in [0.25, 0.3) is 0 Å². The highest BCUT2D eigenvalue weighted by molar-refractivity contribution is 5.67. The Balaban J connectivity index is 2.10. The zero-order valence-corrected chi connectivity index (χ0v) is 17.2. The molecule has 0 heterocycles. The number of anilines is 1. The Hall–Kier alpha value is -3.72. The molecule has 0 saturated heterocycles. The fourth-order valence-electron chi connectivity index (χ4n) is 4.18. The van der Waals surface area contributed by atoms with E-state index < -0.39 is 5.41 Å². The van der Waals surface area contributed by atoms with Crippen molar-refractivity contribution in [3.63, 3.8) is 0 Å². The lowest BCUT2D eigenvalue weighted by atomic mass is 9.64. The molecular weight excluding hydrogens is 370 g/mol. The Morgan fingerprint density at radius 1 is 0.533 bits per heavy atom.